The fourth-order valence-electron chi connectivity index (χ4n) is 2.96. The zero-order chi connectivity index (χ0) is 23.9. The summed E-state index contributed by atoms with van der Waals surface area (Å²) in [5, 5.41) is 2.58. The van der Waals surface area contributed by atoms with Crippen molar-refractivity contribution in [1.29, 1.82) is 0 Å². The van der Waals surface area contributed by atoms with Gasteiger partial charge in [-0.2, -0.15) is 0 Å². The molecule has 32 heavy (non-hydrogen) atoms. The third-order valence-corrected chi connectivity index (χ3v) is 4.30. The van der Waals surface area contributed by atoms with Crippen LogP contribution in [-0.4, -0.2) is 99.4 Å². The molecule has 9 N–H and O–H groups in total. The van der Waals surface area contributed by atoms with Gasteiger partial charge in [-0.05, 0) is 18.2 Å². The Morgan fingerprint density at radius 3 is 1.62 bits per heavy atom. The lowest BCUT2D eigenvalue weighted by Gasteiger charge is -2.24. The maximum atomic E-state index is 13.0. The standard InChI is InChI=1S/C20H33N7O5/c21-1-5-26(6-2-22)19(30)15-11-16(20(31)27(7-3-23)8-4-24)13-17(12-15)25-18(29)14-32-10-9-28/h9,11-13H,1-8,10,14,21-24H2,(H,25,29). The van der Waals surface area contributed by atoms with E-state index in [2.05, 4.69) is 5.32 Å². The molecule has 0 atom stereocenters. The van der Waals surface area contributed by atoms with Crippen LogP contribution in [0.5, 0.6) is 0 Å². The fourth-order valence-corrected chi connectivity index (χ4v) is 2.96. The smallest absolute Gasteiger partial charge is 0.254 e. The molecule has 178 valence electrons. The van der Waals surface area contributed by atoms with Gasteiger partial charge in [-0.25, -0.2) is 0 Å². The van der Waals surface area contributed by atoms with Crippen molar-refractivity contribution in [3.63, 3.8) is 0 Å². The van der Waals surface area contributed by atoms with Crippen LogP contribution in [0.1, 0.15) is 20.7 Å². The number of nitrogens with zero attached hydrogens (tertiary/aromatic N) is 2. The molecule has 12 nitrogen and oxygen atoms in total. The topological polar surface area (TPSA) is 200 Å². The van der Waals surface area contributed by atoms with Crippen LogP contribution in [0, 0.1) is 0 Å². The van der Waals surface area contributed by atoms with Gasteiger partial charge in [0.15, 0.2) is 0 Å². The van der Waals surface area contributed by atoms with Crippen molar-refractivity contribution in [2.24, 2.45) is 22.9 Å². The number of rotatable bonds is 15. The minimum atomic E-state index is -0.545. The second-order valence-electron chi connectivity index (χ2n) is 6.77. The highest BCUT2D eigenvalue weighted by molar-refractivity contribution is 6.03. The summed E-state index contributed by atoms with van der Waals surface area (Å²) in [4.78, 5) is 51.5. The van der Waals surface area contributed by atoms with Crippen LogP contribution in [0.25, 0.3) is 0 Å². The highest BCUT2D eigenvalue weighted by Crippen LogP contribution is 2.19. The Morgan fingerprint density at radius 2 is 1.25 bits per heavy atom. The summed E-state index contributed by atoms with van der Waals surface area (Å²) in [6, 6.07) is 4.35. The lowest BCUT2D eigenvalue weighted by atomic mass is 10.1. The normalized spacial score (nSPS) is 10.5. The SMILES string of the molecule is NCCN(CCN)C(=O)c1cc(NC(=O)COCC=O)cc(C(=O)N(CCN)CCN)c1. The summed E-state index contributed by atoms with van der Waals surface area (Å²) >= 11 is 0. The van der Waals surface area contributed by atoms with E-state index in [0.717, 1.165) is 0 Å². The van der Waals surface area contributed by atoms with Gasteiger partial charge < -0.3 is 47.6 Å². The van der Waals surface area contributed by atoms with Gasteiger partial charge >= 0.3 is 0 Å². The van der Waals surface area contributed by atoms with E-state index >= 15 is 0 Å². The molecule has 1 rings (SSSR count). The molecule has 1 aromatic carbocycles. The van der Waals surface area contributed by atoms with E-state index < -0.39 is 5.91 Å². The molecule has 0 unspecified atom stereocenters. The zero-order valence-electron chi connectivity index (χ0n) is 18.1. The Hall–Kier alpha value is -2.90. The first kappa shape index (κ1) is 27.1. The highest BCUT2D eigenvalue weighted by Gasteiger charge is 2.21. The molecule has 0 aromatic heterocycles. The largest absolute Gasteiger partial charge is 0.364 e. The third-order valence-electron chi connectivity index (χ3n) is 4.30. The van der Waals surface area contributed by atoms with Crippen molar-refractivity contribution in [3.8, 4) is 0 Å². The number of nitrogens with one attached hydrogen (secondary N) is 1. The van der Waals surface area contributed by atoms with E-state index in [9.17, 15) is 19.2 Å². The number of hydrogen-bond acceptors (Lipinski definition) is 9. The number of carbonyl (C=O) groups is 4. The molecule has 0 radical (unpaired) electrons. The number of carbonyl (C=O) groups excluding carboxylic acids is 4. The monoisotopic (exact) mass is 451 g/mol. The molecule has 0 aliphatic carbocycles. The average Bonchev–Trinajstić information content (AvgIpc) is 2.77. The van der Waals surface area contributed by atoms with Gasteiger partial charge in [-0.15, -0.1) is 0 Å². The summed E-state index contributed by atoms with van der Waals surface area (Å²) in [6.45, 7) is 1.49. The Balaban J connectivity index is 3.30. The van der Waals surface area contributed by atoms with Crippen LogP contribution in [0.15, 0.2) is 18.2 Å². The van der Waals surface area contributed by atoms with Crippen molar-refractivity contribution < 1.29 is 23.9 Å². The molecule has 12 heteroatoms. The summed E-state index contributed by atoms with van der Waals surface area (Å²) in [5.41, 5.74) is 23.0. The van der Waals surface area contributed by atoms with Crippen molar-refractivity contribution in [2.75, 3.05) is 70.9 Å². The number of benzene rings is 1. The quantitative estimate of drug-likeness (QED) is 0.142. The first-order chi connectivity index (χ1) is 15.4. The maximum Gasteiger partial charge on any atom is 0.254 e. The van der Waals surface area contributed by atoms with Crippen LogP contribution in [-0.2, 0) is 14.3 Å². The predicted octanol–water partition coefficient (Wildman–Crippen LogP) is -2.44. The zero-order valence-corrected chi connectivity index (χ0v) is 18.1. The molecule has 1 aromatic rings. The Morgan fingerprint density at radius 1 is 0.812 bits per heavy atom. The van der Waals surface area contributed by atoms with E-state index in [-0.39, 0.29) is 94.2 Å². The minimum absolute atomic E-state index is 0.183. The van der Waals surface area contributed by atoms with Gasteiger partial charge in [-0.1, -0.05) is 0 Å². The van der Waals surface area contributed by atoms with Crippen LogP contribution in [0.4, 0.5) is 5.69 Å². The molecule has 0 aliphatic heterocycles. The van der Waals surface area contributed by atoms with Crippen LogP contribution < -0.4 is 28.3 Å². The molecule has 0 saturated heterocycles. The first-order valence-electron chi connectivity index (χ1n) is 10.3. The number of nitrogens with two attached hydrogens (primary N) is 4. The summed E-state index contributed by atoms with van der Waals surface area (Å²) in [5.74, 6) is -1.31. The molecule has 0 aliphatic rings. The van der Waals surface area contributed by atoms with Gasteiger partial charge in [0, 0.05) is 69.2 Å². The van der Waals surface area contributed by atoms with Crippen LogP contribution >= 0.6 is 0 Å². The number of ether oxygens (including phenoxy) is 1. The van der Waals surface area contributed by atoms with Gasteiger partial charge in [0.2, 0.25) is 5.91 Å². The van der Waals surface area contributed by atoms with E-state index in [4.69, 9.17) is 27.7 Å². The molecule has 3 amide bonds. The van der Waals surface area contributed by atoms with Crippen molar-refractivity contribution in [3.05, 3.63) is 29.3 Å². The molecule has 0 heterocycles. The predicted molar refractivity (Wildman–Crippen MR) is 120 cm³/mol. The fraction of sp³-hybridized carbons (Fsp3) is 0.500. The van der Waals surface area contributed by atoms with Gasteiger partial charge in [-0.3, -0.25) is 14.4 Å². The number of amides is 3. The van der Waals surface area contributed by atoms with E-state index in [0.29, 0.717) is 6.29 Å². The van der Waals surface area contributed by atoms with Crippen LogP contribution in [0.3, 0.4) is 0 Å². The Bertz CT molecular complexity index is 716. The maximum absolute atomic E-state index is 13.0. The highest BCUT2D eigenvalue weighted by atomic mass is 16.5. The van der Waals surface area contributed by atoms with Crippen molar-refractivity contribution in [2.45, 2.75) is 0 Å². The average molecular weight is 452 g/mol. The third kappa shape index (κ3) is 8.69. The van der Waals surface area contributed by atoms with Gasteiger partial charge in [0.1, 0.15) is 19.5 Å². The number of hydrogen-bond donors (Lipinski definition) is 5. The molecule has 0 saturated carbocycles. The van der Waals surface area contributed by atoms with Gasteiger partial charge in [0.25, 0.3) is 11.8 Å². The lowest BCUT2D eigenvalue weighted by molar-refractivity contribution is -0.122. The summed E-state index contributed by atoms with van der Waals surface area (Å²) in [6.07, 6.45) is 0.524. The van der Waals surface area contributed by atoms with Crippen LogP contribution in [0.2, 0.25) is 0 Å². The van der Waals surface area contributed by atoms with Crippen molar-refractivity contribution >= 4 is 29.7 Å². The Kier molecular flexibility index (Phi) is 12.7. The van der Waals surface area contributed by atoms with Gasteiger partial charge in [0.05, 0.1) is 0 Å². The van der Waals surface area contributed by atoms with E-state index in [1.54, 1.807) is 0 Å². The summed E-state index contributed by atoms with van der Waals surface area (Å²) < 4.78 is 4.89. The van der Waals surface area contributed by atoms with Crippen molar-refractivity contribution in [1.82, 2.24) is 9.80 Å². The molecular formula is C20H33N7O5. The molecule has 0 spiro atoms. The van der Waals surface area contributed by atoms with E-state index in [1.165, 1.54) is 28.0 Å². The number of aldehydes is 1. The summed E-state index contributed by atoms with van der Waals surface area (Å²) in [7, 11) is 0. The number of anilines is 1. The minimum Gasteiger partial charge on any atom is -0.364 e. The first-order valence-corrected chi connectivity index (χ1v) is 10.3. The van der Waals surface area contributed by atoms with E-state index in [1.807, 2.05) is 0 Å². The Labute approximate surface area is 187 Å². The lowest BCUT2D eigenvalue weighted by Crippen LogP contribution is -2.40. The molecular weight excluding hydrogens is 418 g/mol. The molecule has 0 fully saturated rings. The molecule has 0 bridgehead atoms. The second kappa shape index (κ2) is 15.0. The second-order valence-corrected chi connectivity index (χ2v) is 6.77.